The largest absolute Gasteiger partial charge is 0.508 e. The van der Waals surface area contributed by atoms with E-state index in [4.69, 9.17) is 28.7 Å². The van der Waals surface area contributed by atoms with Crippen molar-refractivity contribution in [2.24, 2.45) is 33.7 Å². The molecule has 23 N–H and O–H groups in total. The summed E-state index contributed by atoms with van der Waals surface area (Å²) >= 11 is 0. The second kappa shape index (κ2) is 37.1. The normalized spacial score (nSPS) is 22.7. The van der Waals surface area contributed by atoms with Gasteiger partial charge in [0.2, 0.25) is 76.5 Å². The van der Waals surface area contributed by atoms with Crippen LogP contribution >= 0.6 is 0 Å². The summed E-state index contributed by atoms with van der Waals surface area (Å²) in [5.41, 5.74) is 28.2. The molecule has 1 unspecified atom stereocenters. The molecule has 2 heterocycles. The molecule has 584 valence electrons. The number of hydrogen-bond acceptors (Lipinski definition) is 17. The zero-order chi connectivity index (χ0) is 80.3. The molecule has 9 rings (SSSR count). The maximum atomic E-state index is 16.1. The number of phenolic OH excluding ortho intramolecular Hbond substituents is 2. The Bertz CT molecular complexity index is 4620. The number of para-hydroxylation sites is 1. The molecule has 33 heteroatoms. The summed E-state index contributed by atoms with van der Waals surface area (Å²) in [5.74, 6) is -17.0. The Kier molecular flexibility index (Phi) is 27.3. The summed E-state index contributed by atoms with van der Waals surface area (Å²) in [6.07, 6.45) is -3.40. The highest BCUT2D eigenvalue weighted by Gasteiger charge is 2.52. The number of aliphatic carboxylic acids is 1. The van der Waals surface area contributed by atoms with Crippen molar-refractivity contribution in [1.82, 2.24) is 57.7 Å². The number of nitrogens with two attached hydrogens (primary N) is 5. The van der Waals surface area contributed by atoms with Gasteiger partial charge < -0.3 is 96.8 Å². The van der Waals surface area contributed by atoms with Crippen molar-refractivity contribution in [3.05, 3.63) is 203 Å². The first kappa shape index (κ1) is 81.9. The SMILES string of the molecule is C[C@@H]1NC(=O)[C@H](CC(N)=O)NC(=O)[C@H](Cc2c[nH]c3ccccc23)NC(=O)[C@H](CCCN=C(N)N)NC(=O)[C@@H](Cc2ccccc2)NC(=O)C2(CCc3ccccc3C2)NC(=O)[C@@H](NC(=O)[C@@H](N)Cc2ccc(O)cc2)CC(=O)N([C@@H](Cc2ccc(O)cc2)C(N)=O)[C@@](C)(C(=O)O)NC(=O)[C@H](Cc2ccccc2)NC1=O. The quantitative estimate of drug-likeness (QED) is 0.0228. The third kappa shape index (κ3) is 21.8. The molecule has 11 atom stereocenters. The third-order valence-corrected chi connectivity index (χ3v) is 19.4. The number of rotatable bonds is 21. The molecule has 1 aliphatic heterocycles. The average Bonchev–Trinajstić information content (AvgIpc) is 1.33. The predicted molar refractivity (Wildman–Crippen MR) is 405 cm³/mol. The van der Waals surface area contributed by atoms with E-state index >= 15 is 33.6 Å². The second-order valence-corrected chi connectivity index (χ2v) is 27.7. The molecule has 1 aliphatic carbocycles. The summed E-state index contributed by atoms with van der Waals surface area (Å²) in [7, 11) is 0. The number of aryl methyl sites for hydroxylation is 1. The van der Waals surface area contributed by atoms with Gasteiger partial charge in [0.1, 0.15) is 65.4 Å². The first-order valence-corrected chi connectivity index (χ1v) is 35.9. The number of aromatic hydroxyl groups is 2. The number of phenols is 2. The number of carbonyl (C=O) groups is 13. The number of nitrogens with one attached hydrogen (secondary N) is 10. The van der Waals surface area contributed by atoms with E-state index in [9.17, 15) is 44.1 Å². The topological polar surface area (TPSA) is 552 Å². The van der Waals surface area contributed by atoms with Crippen LogP contribution in [0.5, 0.6) is 11.5 Å². The molecule has 12 amide bonds. The monoisotopic (exact) mass is 1520 g/mol. The minimum atomic E-state index is -3.19. The maximum Gasteiger partial charge on any atom is 0.350 e. The number of carboxylic acids is 1. The van der Waals surface area contributed by atoms with E-state index in [2.05, 4.69) is 57.8 Å². The van der Waals surface area contributed by atoms with Crippen LogP contribution in [-0.2, 0) is 107 Å². The van der Waals surface area contributed by atoms with E-state index in [0.29, 0.717) is 43.6 Å². The first-order chi connectivity index (χ1) is 52.9. The lowest BCUT2D eigenvalue weighted by molar-refractivity contribution is -0.168. The Hall–Kier alpha value is -13.2. The van der Waals surface area contributed by atoms with Gasteiger partial charge >= 0.3 is 5.97 Å². The fourth-order valence-corrected chi connectivity index (χ4v) is 13.4. The van der Waals surface area contributed by atoms with Crippen LogP contribution in [0.2, 0.25) is 0 Å². The first-order valence-electron chi connectivity index (χ1n) is 35.9. The molecule has 6 aromatic carbocycles. The standard InChI is InChI=1S/C78H91N17O16/c1-43-66(101)88-58(36-45-16-7-4-8-17-45)72(107)93-77(2,75(110)111)95(62(65(81)100)37-47-25-29-52(97)30-26-47)64(99)40-61(89-67(102)54(79)34-46-23-27-51(96)28-24-46)73(108)94-78(32-31-48-18-9-10-19-49(48)41-78)74(109)92-57(35-44-14-5-3-6-15-44)70(105)87-56(22-13-33-84-76(82)83)68(103)90-59(38-50-42-85-55-21-12-11-20-53(50)55)71(106)91-60(39-63(80)98)69(104)86-43/h3-12,14-21,23-30,42-43,54,56-62,85,96-97H,13,22,31-41,79H2,1-2H3,(H2,80,98)(H2,81,100)(H,86,104)(H,87,105)(H,88,101)(H,89,102)(H,90,103)(H,91,106)(H,92,109)(H,93,107)(H,94,108)(H,110,111)(H4,82,83,84)/t43-,54-,56-,57+,58-,59-,60-,61-,62-,77-,78?/m0/s1. The second-order valence-electron chi connectivity index (χ2n) is 27.7. The Morgan fingerprint density at radius 2 is 1.10 bits per heavy atom. The van der Waals surface area contributed by atoms with E-state index in [1.165, 1.54) is 48.5 Å². The van der Waals surface area contributed by atoms with Crippen molar-refractivity contribution in [1.29, 1.82) is 0 Å². The van der Waals surface area contributed by atoms with Gasteiger partial charge in [0, 0.05) is 55.7 Å². The maximum absolute atomic E-state index is 16.1. The van der Waals surface area contributed by atoms with Crippen molar-refractivity contribution >= 4 is 93.7 Å². The van der Waals surface area contributed by atoms with Gasteiger partial charge in [-0.15, -0.1) is 0 Å². The minimum absolute atomic E-state index is 0.000957. The van der Waals surface area contributed by atoms with Crippen LogP contribution in [0.25, 0.3) is 10.9 Å². The molecule has 0 radical (unpaired) electrons. The number of nitrogens with zero attached hydrogens (tertiary/aromatic N) is 2. The number of benzene rings is 6. The van der Waals surface area contributed by atoms with Crippen LogP contribution in [0.15, 0.2) is 169 Å². The highest BCUT2D eigenvalue weighted by molar-refractivity contribution is 6.03. The molecule has 111 heavy (non-hydrogen) atoms. The molecule has 1 fully saturated rings. The number of hydrogen-bond donors (Lipinski definition) is 18. The van der Waals surface area contributed by atoms with Gasteiger partial charge in [-0.1, -0.05) is 127 Å². The number of aliphatic imine (C=N–C) groups is 1. The van der Waals surface area contributed by atoms with Crippen LogP contribution in [0.4, 0.5) is 0 Å². The Balaban J connectivity index is 1.22. The van der Waals surface area contributed by atoms with E-state index in [-0.39, 0.29) is 80.9 Å². The number of primary amides is 2. The van der Waals surface area contributed by atoms with Crippen molar-refractivity contribution < 1.29 is 77.6 Å². The summed E-state index contributed by atoms with van der Waals surface area (Å²) in [4.78, 5) is 202. The van der Waals surface area contributed by atoms with Crippen LogP contribution in [0.1, 0.15) is 84.9 Å². The number of H-pyrrole nitrogens is 1. The zero-order valence-corrected chi connectivity index (χ0v) is 60.9. The van der Waals surface area contributed by atoms with E-state index in [0.717, 1.165) is 19.4 Å². The molecule has 0 bridgehead atoms. The van der Waals surface area contributed by atoms with Crippen molar-refractivity contribution in [3.8, 4) is 11.5 Å². The van der Waals surface area contributed by atoms with E-state index in [1.807, 2.05) is 0 Å². The molecule has 7 aromatic rings. The summed E-state index contributed by atoms with van der Waals surface area (Å²) in [6.45, 7) is 1.88. The van der Waals surface area contributed by atoms with Gasteiger partial charge in [-0.2, -0.15) is 0 Å². The third-order valence-electron chi connectivity index (χ3n) is 19.4. The lowest BCUT2D eigenvalue weighted by Crippen LogP contribution is -2.72. The van der Waals surface area contributed by atoms with Crippen LogP contribution in [0.3, 0.4) is 0 Å². The summed E-state index contributed by atoms with van der Waals surface area (Å²) in [5, 5.41) is 56.1. The van der Waals surface area contributed by atoms with Gasteiger partial charge in [0.25, 0.3) is 0 Å². The molecule has 1 aromatic heterocycles. The summed E-state index contributed by atoms with van der Waals surface area (Å²) < 4.78 is 0. The minimum Gasteiger partial charge on any atom is -0.508 e. The molecular formula is C78H91N17O16. The predicted octanol–water partition coefficient (Wildman–Crippen LogP) is -1.19. The molecule has 1 saturated heterocycles. The van der Waals surface area contributed by atoms with Gasteiger partial charge in [0.05, 0.1) is 18.9 Å². The summed E-state index contributed by atoms with van der Waals surface area (Å²) in [6, 6.07) is 24.4. The smallest absolute Gasteiger partial charge is 0.350 e. The Morgan fingerprint density at radius 1 is 0.577 bits per heavy atom. The lowest BCUT2D eigenvalue weighted by atomic mass is 9.76. The van der Waals surface area contributed by atoms with Crippen molar-refractivity contribution in [2.45, 2.75) is 156 Å². The Labute approximate surface area is 637 Å². The highest BCUT2D eigenvalue weighted by atomic mass is 16.4. The molecule has 33 nitrogen and oxygen atoms in total. The van der Waals surface area contributed by atoms with E-state index in [1.54, 1.807) is 115 Å². The Morgan fingerprint density at radius 3 is 1.69 bits per heavy atom. The number of aromatic amines is 1. The number of carboxylic acid groups (broad SMARTS) is 1. The lowest BCUT2D eigenvalue weighted by Gasteiger charge is -2.43. The fourth-order valence-electron chi connectivity index (χ4n) is 13.4. The number of aromatic nitrogens is 1. The molecule has 1 spiro atoms. The van der Waals surface area contributed by atoms with Crippen molar-refractivity contribution in [2.75, 3.05) is 6.54 Å². The fraction of sp³-hybridized carbons (Fsp3) is 0.333. The number of amides is 12. The number of guanidine groups is 1. The average molecular weight is 1520 g/mol. The van der Waals surface area contributed by atoms with Gasteiger partial charge in [0.15, 0.2) is 5.96 Å². The zero-order valence-electron chi connectivity index (χ0n) is 60.9. The molecule has 2 aliphatic rings. The van der Waals surface area contributed by atoms with Crippen molar-refractivity contribution in [3.63, 3.8) is 0 Å². The van der Waals surface area contributed by atoms with Gasteiger partial charge in [-0.25, -0.2) is 4.79 Å². The molecular weight excluding hydrogens is 1430 g/mol. The van der Waals surface area contributed by atoms with Crippen LogP contribution < -0.4 is 76.5 Å². The highest BCUT2D eigenvalue weighted by Crippen LogP contribution is 2.31. The van der Waals surface area contributed by atoms with Gasteiger partial charge in [-0.3, -0.25) is 67.4 Å². The van der Waals surface area contributed by atoms with Gasteiger partial charge in [-0.05, 0) is 115 Å². The van der Waals surface area contributed by atoms with Crippen LogP contribution in [0, 0.1) is 0 Å². The molecule has 0 saturated carbocycles. The van der Waals surface area contributed by atoms with E-state index < -0.39 is 168 Å². The number of fused-ring (bicyclic) bond motifs is 2. The number of carbonyl (C=O) groups excluding carboxylic acids is 12. The van der Waals surface area contributed by atoms with Crippen LogP contribution in [-0.4, -0.2) is 180 Å².